The van der Waals surface area contributed by atoms with Gasteiger partial charge in [-0.3, -0.25) is 4.90 Å². The van der Waals surface area contributed by atoms with Gasteiger partial charge >= 0.3 is 0 Å². The lowest BCUT2D eigenvalue weighted by Crippen LogP contribution is -2.40. The standard InChI is InChI=1S/C17H22N2O/c1-12(17-9-13-5-2-3-7-16(13)20-17)19-10-14-6-4-8-18-15(14)11-19/h2-3,5,7,9,12,14-15,18H,4,6,8,10-11H2,1H3. The third kappa shape index (κ3) is 2.05. The van der Waals surface area contributed by atoms with Gasteiger partial charge in [-0.15, -0.1) is 0 Å². The van der Waals surface area contributed by atoms with Gasteiger partial charge in [0.15, 0.2) is 0 Å². The smallest absolute Gasteiger partial charge is 0.134 e. The van der Waals surface area contributed by atoms with Crippen molar-refractivity contribution in [2.45, 2.75) is 31.8 Å². The highest BCUT2D eigenvalue weighted by Gasteiger charge is 2.37. The van der Waals surface area contributed by atoms with Gasteiger partial charge in [0.2, 0.25) is 0 Å². The molecule has 2 fully saturated rings. The van der Waals surface area contributed by atoms with Crippen molar-refractivity contribution in [2.24, 2.45) is 5.92 Å². The van der Waals surface area contributed by atoms with Crippen LogP contribution in [-0.2, 0) is 0 Å². The maximum absolute atomic E-state index is 6.03. The van der Waals surface area contributed by atoms with Crippen LogP contribution in [0.4, 0.5) is 0 Å². The minimum absolute atomic E-state index is 0.370. The molecule has 106 valence electrons. The molecule has 3 nitrogen and oxygen atoms in total. The van der Waals surface area contributed by atoms with Crippen molar-refractivity contribution in [3.8, 4) is 0 Å². The molecule has 0 amide bonds. The maximum atomic E-state index is 6.03. The van der Waals surface area contributed by atoms with Crippen LogP contribution in [0.15, 0.2) is 34.7 Å². The van der Waals surface area contributed by atoms with Crippen LogP contribution in [0.5, 0.6) is 0 Å². The van der Waals surface area contributed by atoms with Gasteiger partial charge in [-0.25, -0.2) is 0 Å². The Bertz CT molecular complexity index is 559. The maximum Gasteiger partial charge on any atom is 0.134 e. The van der Waals surface area contributed by atoms with Crippen LogP contribution in [0.2, 0.25) is 0 Å². The molecule has 1 N–H and O–H groups in total. The van der Waals surface area contributed by atoms with E-state index in [1.807, 2.05) is 6.07 Å². The Hall–Kier alpha value is -1.32. The predicted molar refractivity (Wildman–Crippen MR) is 80.7 cm³/mol. The van der Waals surface area contributed by atoms with Gasteiger partial charge in [0, 0.05) is 24.5 Å². The molecule has 4 rings (SSSR count). The summed E-state index contributed by atoms with van der Waals surface area (Å²) in [6.07, 6.45) is 2.70. The monoisotopic (exact) mass is 270 g/mol. The lowest BCUT2D eigenvalue weighted by atomic mass is 9.94. The lowest BCUT2D eigenvalue weighted by molar-refractivity contribution is 0.225. The molecule has 2 saturated heterocycles. The Balaban J connectivity index is 1.56. The Morgan fingerprint density at radius 2 is 2.20 bits per heavy atom. The first-order valence-corrected chi connectivity index (χ1v) is 7.77. The minimum Gasteiger partial charge on any atom is -0.459 e. The molecular weight excluding hydrogens is 248 g/mol. The number of likely N-dealkylation sites (tertiary alicyclic amines) is 1. The van der Waals surface area contributed by atoms with Crippen LogP contribution in [0, 0.1) is 5.92 Å². The summed E-state index contributed by atoms with van der Waals surface area (Å²) in [7, 11) is 0. The number of para-hydroxylation sites is 1. The molecule has 0 bridgehead atoms. The summed E-state index contributed by atoms with van der Waals surface area (Å²) in [5, 5.41) is 4.88. The Morgan fingerprint density at radius 3 is 3.05 bits per heavy atom. The second kappa shape index (κ2) is 4.90. The predicted octanol–water partition coefficient (Wildman–Crippen LogP) is 3.18. The first-order valence-electron chi connectivity index (χ1n) is 7.77. The number of benzene rings is 1. The van der Waals surface area contributed by atoms with Crippen LogP contribution in [0.25, 0.3) is 11.0 Å². The summed E-state index contributed by atoms with van der Waals surface area (Å²) in [4.78, 5) is 2.57. The second-order valence-electron chi connectivity index (χ2n) is 6.28. The zero-order chi connectivity index (χ0) is 13.5. The van der Waals surface area contributed by atoms with Crippen LogP contribution < -0.4 is 5.32 Å². The average Bonchev–Trinajstić information content (AvgIpc) is 3.10. The molecule has 2 aliphatic heterocycles. The third-order valence-corrected chi connectivity index (χ3v) is 5.03. The van der Waals surface area contributed by atoms with Crippen molar-refractivity contribution in [3.05, 3.63) is 36.1 Å². The van der Waals surface area contributed by atoms with Crippen molar-refractivity contribution >= 4 is 11.0 Å². The average molecular weight is 270 g/mol. The molecule has 2 aliphatic rings. The van der Waals surface area contributed by atoms with Gasteiger partial charge in [0.05, 0.1) is 6.04 Å². The van der Waals surface area contributed by atoms with Gasteiger partial charge in [-0.05, 0) is 44.4 Å². The molecule has 0 radical (unpaired) electrons. The first kappa shape index (κ1) is 12.4. The minimum atomic E-state index is 0.370. The summed E-state index contributed by atoms with van der Waals surface area (Å²) in [6, 6.07) is 11.5. The first-order chi connectivity index (χ1) is 9.81. The number of fused-ring (bicyclic) bond motifs is 2. The highest BCUT2D eigenvalue weighted by Crippen LogP contribution is 2.33. The molecule has 1 aromatic heterocycles. The van der Waals surface area contributed by atoms with E-state index in [1.54, 1.807) is 0 Å². The highest BCUT2D eigenvalue weighted by atomic mass is 16.3. The van der Waals surface area contributed by atoms with E-state index in [4.69, 9.17) is 4.42 Å². The molecule has 3 heteroatoms. The molecule has 0 aliphatic carbocycles. The molecular formula is C17H22N2O. The number of nitrogens with one attached hydrogen (secondary N) is 1. The lowest BCUT2D eigenvalue weighted by Gasteiger charge is -2.24. The topological polar surface area (TPSA) is 28.4 Å². The van der Waals surface area contributed by atoms with E-state index in [1.165, 1.54) is 31.3 Å². The number of nitrogens with zero attached hydrogens (tertiary/aromatic N) is 1. The number of hydrogen-bond acceptors (Lipinski definition) is 3. The van der Waals surface area contributed by atoms with Gasteiger partial charge in [-0.2, -0.15) is 0 Å². The summed E-state index contributed by atoms with van der Waals surface area (Å²) in [5.74, 6) is 1.93. The molecule has 3 heterocycles. The van der Waals surface area contributed by atoms with E-state index < -0.39 is 0 Å². The fraction of sp³-hybridized carbons (Fsp3) is 0.529. The zero-order valence-corrected chi connectivity index (χ0v) is 12.0. The van der Waals surface area contributed by atoms with Gasteiger partial charge in [0.25, 0.3) is 0 Å². The molecule has 3 unspecified atom stereocenters. The number of hydrogen-bond donors (Lipinski definition) is 1. The van der Waals surface area contributed by atoms with Crippen molar-refractivity contribution in [3.63, 3.8) is 0 Å². The van der Waals surface area contributed by atoms with Crippen molar-refractivity contribution in [1.82, 2.24) is 10.2 Å². The molecule has 3 atom stereocenters. The van der Waals surface area contributed by atoms with E-state index >= 15 is 0 Å². The Morgan fingerprint density at radius 1 is 1.30 bits per heavy atom. The fourth-order valence-corrected chi connectivity index (χ4v) is 3.78. The SMILES string of the molecule is CC(c1cc2ccccc2o1)N1CC2CCCNC2C1. The van der Waals surface area contributed by atoms with Crippen LogP contribution in [0.3, 0.4) is 0 Å². The van der Waals surface area contributed by atoms with Crippen LogP contribution in [-0.4, -0.2) is 30.6 Å². The summed E-state index contributed by atoms with van der Waals surface area (Å²) in [6.45, 7) is 5.82. The summed E-state index contributed by atoms with van der Waals surface area (Å²) < 4.78 is 6.03. The van der Waals surface area contributed by atoms with E-state index in [0.29, 0.717) is 12.1 Å². The quantitative estimate of drug-likeness (QED) is 0.908. The number of rotatable bonds is 2. The van der Waals surface area contributed by atoms with Gasteiger partial charge < -0.3 is 9.73 Å². The van der Waals surface area contributed by atoms with E-state index in [9.17, 15) is 0 Å². The number of piperidine rings is 1. The Kier molecular flexibility index (Phi) is 3.04. The van der Waals surface area contributed by atoms with E-state index in [2.05, 4.69) is 41.4 Å². The molecule has 0 spiro atoms. The molecule has 0 saturated carbocycles. The highest BCUT2D eigenvalue weighted by molar-refractivity contribution is 5.77. The zero-order valence-electron chi connectivity index (χ0n) is 12.0. The molecule has 1 aromatic carbocycles. The number of furan rings is 1. The third-order valence-electron chi connectivity index (χ3n) is 5.03. The van der Waals surface area contributed by atoms with Crippen LogP contribution >= 0.6 is 0 Å². The van der Waals surface area contributed by atoms with Gasteiger partial charge in [0.1, 0.15) is 11.3 Å². The van der Waals surface area contributed by atoms with Crippen molar-refractivity contribution in [1.29, 1.82) is 0 Å². The molecule has 2 aromatic rings. The van der Waals surface area contributed by atoms with Gasteiger partial charge in [-0.1, -0.05) is 18.2 Å². The van der Waals surface area contributed by atoms with E-state index in [0.717, 1.165) is 23.8 Å². The van der Waals surface area contributed by atoms with Crippen molar-refractivity contribution < 1.29 is 4.42 Å². The summed E-state index contributed by atoms with van der Waals surface area (Å²) >= 11 is 0. The fourth-order valence-electron chi connectivity index (χ4n) is 3.78. The summed E-state index contributed by atoms with van der Waals surface area (Å²) in [5.41, 5.74) is 1.00. The van der Waals surface area contributed by atoms with E-state index in [-0.39, 0.29) is 0 Å². The van der Waals surface area contributed by atoms with Crippen molar-refractivity contribution in [2.75, 3.05) is 19.6 Å². The normalized spacial score (nSPS) is 28.6. The van der Waals surface area contributed by atoms with Crippen LogP contribution in [0.1, 0.15) is 31.6 Å². The molecule has 20 heavy (non-hydrogen) atoms. The second-order valence-corrected chi connectivity index (χ2v) is 6.28. The largest absolute Gasteiger partial charge is 0.459 e. The Labute approximate surface area is 119 Å².